The van der Waals surface area contributed by atoms with Crippen molar-refractivity contribution >= 4 is 45.2 Å². The van der Waals surface area contributed by atoms with Gasteiger partial charge in [-0.05, 0) is 36.8 Å². The van der Waals surface area contributed by atoms with Crippen LogP contribution < -0.4 is 15.7 Å². The number of hydrogen-bond acceptors (Lipinski definition) is 9. The fourth-order valence-electron chi connectivity index (χ4n) is 3.59. The van der Waals surface area contributed by atoms with Gasteiger partial charge in [0.25, 0.3) is 17.7 Å². The molecule has 34 heavy (non-hydrogen) atoms. The summed E-state index contributed by atoms with van der Waals surface area (Å²) in [5.74, 6) is -0.901. The molecule has 0 saturated heterocycles. The smallest absolute Gasteiger partial charge is 0.336 e. The lowest BCUT2D eigenvalue weighted by Crippen LogP contribution is -2.29. The molecule has 0 saturated carbocycles. The Hall–Kier alpha value is -4.38. The van der Waals surface area contributed by atoms with E-state index in [0.29, 0.717) is 27.5 Å². The maximum absolute atomic E-state index is 12.5. The van der Waals surface area contributed by atoms with Gasteiger partial charge in [0.2, 0.25) is 5.13 Å². The molecule has 5 rings (SSSR count). The number of amides is 3. The quantitative estimate of drug-likeness (QED) is 0.332. The maximum atomic E-state index is 12.5. The molecule has 1 aliphatic rings. The van der Waals surface area contributed by atoms with Gasteiger partial charge in [0.15, 0.2) is 6.61 Å². The van der Waals surface area contributed by atoms with Crippen LogP contribution in [0.4, 0.5) is 5.13 Å². The predicted octanol–water partition coefficient (Wildman–Crippen LogP) is 2.77. The molecule has 170 valence electrons. The highest BCUT2D eigenvalue weighted by molar-refractivity contribution is 7.15. The SMILES string of the molecule is Cc1cc(=O)oc2cc(OCC(=O)Nc3nnc(CN4C(=O)c5ccccc5C4=O)s3)ccc12. The van der Waals surface area contributed by atoms with Crippen LogP contribution in [-0.4, -0.2) is 39.4 Å². The summed E-state index contributed by atoms with van der Waals surface area (Å²) in [4.78, 5) is 49.9. The molecule has 11 heteroatoms. The highest BCUT2D eigenvalue weighted by Gasteiger charge is 2.35. The Balaban J connectivity index is 1.20. The van der Waals surface area contributed by atoms with Gasteiger partial charge in [-0.3, -0.25) is 24.6 Å². The third-order valence-electron chi connectivity index (χ3n) is 5.18. The number of carbonyl (C=O) groups is 3. The van der Waals surface area contributed by atoms with Crippen LogP contribution in [-0.2, 0) is 11.3 Å². The third kappa shape index (κ3) is 4.04. The van der Waals surface area contributed by atoms with Crippen molar-refractivity contribution in [2.45, 2.75) is 13.5 Å². The number of fused-ring (bicyclic) bond motifs is 2. The van der Waals surface area contributed by atoms with Crippen molar-refractivity contribution < 1.29 is 23.5 Å². The summed E-state index contributed by atoms with van der Waals surface area (Å²) in [6, 6.07) is 13.0. The van der Waals surface area contributed by atoms with Crippen LogP contribution in [0.3, 0.4) is 0 Å². The molecule has 0 fully saturated rings. The monoisotopic (exact) mass is 476 g/mol. The highest BCUT2D eigenvalue weighted by atomic mass is 32.1. The number of ether oxygens (including phenoxy) is 1. The second kappa shape index (κ2) is 8.52. The van der Waals surface area contributed by atoms with Crippen LogP contribution in [0, 0.1) is 6.92 Å². The zero-order valence-electron chi connectivity index (χ0n) is 17.7. The first kappa shape index (κ1) is 21.5. The van der Waals surface area contributed by atoms with Gasteiger partial charge in [-0.1, -0.05) is 23.5 Å². The zero-order chi connectivity index (χ0) is 23.8. The van der Waals surface area contributed by atoms with Crippen molar-refractivity contribution in [2.24, 2.45) is 0 Å². The van der Waals surface area contributed by atoms with E-state index in [1.54, 1.807) is 49.4 Å². The summed E-state index contributed by atoms with van der Waals surface area (Å²) in [6.45, 7) is 1.45. The Labute approximate surface area is 195 Å². The van der Waals surface area contributed by atoms with Crippen molar-refractivity contribution in [3.8, 4) is 5.75 Å². The lowest BCUT2D eigenvalue weighted by Gasteiger charge is -2.10. The molecule has 0 atom stereocenters. The lowest BCUT2D eigenvalue weighted by atomic mass is 10.1. The summed E-state index contributed by atoms with van der Waals surface area (Å²) in [6.07, 6.45) is 0. The standard InChI is InChI=1S/C23H16N4O6S/c1-12-8-20(29)33-17-9-13(6-7-14(12)17)32-11-18(28)24-23-26-25-19(34-23)10-27-21(30)15-4-2-3-5-16(15)22(27)31/h2-9H,10-11H2,1H3,(H,24,26,28). The van der Waals surface area contributed by atoms with Gasteiger partial charge < -0.3 is 9.15 Å². The number of hydrogen-bond donors (Lipinski definition) is 1. The van der Waals surface area contributed by atoms with E-state index in [9.17, 15) is 19.2 Å². The zero-order valence-corrected chi connectivity index (χ0v) is 18.5. The number of nitrogens with zero attached hydrogens (tertiary/aromatic N) is 3. The number of aryl methyl sites for hydroxylation is 1. The Morgan fingerprint density at radius 2 is 1.79 bits per heavy atom. The molecule has 0 radical (unpaired) electrons. The largest absolute Gasteiger partial charge is 0.484 e. The first-order chi connectivity index (χ1) is 16.4. The van der Waals surface area contributed by atoms with E-state index >= 15 is 0 Å². The van der Waals surface area contributed by atoms with Gasteiger partial charge in [-0.2, -0.15) is 0 Å². The number of imide groups is 1. The van der Waals surface area contributed by atoms with E-state index < -0.39 is 23.3 Å². The summed E-state index contributed by atoms with van der Waals surface area (Å²) in [7, 11) is 0. The van der Waals surface area contributed by atoms with E-state index in [1.165, 1.54) is 6.07 Å². The molecule has 1 N–H and O–H groups in total. The van der Waals surface area contributed by atoms with Gasteiger partial charge in [-0.25, -0.2) is 4.79 Å². The Morgan fingerprint density at radius 3 is 2.53 bits per heavy atom. The Kier molecular flexibility index (Phi) is 5.38. The average Bonchev–Trinajstić information content (AvgIpc) is 3.35. The molecular formula is C23H16N4O6S. The minimum absolute atomic E-state index is 0.0436. The van der Waals surface area contributed by atoms with Crippen molar-refractivity contribution in [3.63, 3.8) is 0 Å². The van der Waals surface area contributed by atoms with Gasteiger partial charge >= 0.3 is 5.63 Å². The molecule has 2 aromatic heterocycles. The number of carbonyl (C=O) groups excluding carboxylic acids is 3. The normalized spacial score (nSPS) is 12.8. The molecule has 4 aromatic rings. The summed E-state index contributed by atoms with van der Waals surface area (Å²) in [5.41, 5.74) is 1.39. The summed E-state index contributed by atoms with van der Waals surface area (Å²) in [5, 5.41) is 11.8. The van der Waals surface area contributed by atoms with Gasteiger partial charge in [0, 0.05) is 17.5 Å². The van der Waals surface area contributed by atoms with Crippen molar-refractivity contribution in [1.82, 2.24) is 15.1 Å². The van der Waals surface area contributed by atoms with Gasteiger partial charge in [0.05, 0.1) is 17.7 Å². The van der Waals surface area contributed by atoms with Crippen LogP contribution >= 0.6 is 11.3 Å². The van der Waals surface area contributed by atoms with Gasteiger partial charge in [-0.15, -0.1) is 10.2 Å². The fourth-order valence-corrected chi connectivity index (χ4v) is 4.33. The molecule has 0 bridgehead atoms. The van der Waals surface area contributed by atoms with E-state index in [4.69, 9.17) is 9.15 Å². The highest BCUT2D eigenvalue weighted by Crippen LogP contribution is 2.26. The van der Waals surface area contributed by atoms with E-state index in [1.807, 2.05) is 0 Å². The summed E-state index contributed by atoms with van der Waals surface area (Å²) < 4.78 is 10.7. The second-order valence-electron chi connectivity index (χ2n) is 7.49. The van der Waals surface area contributed by atoms with Crippen LogP contribution in [0.5, 0.6) is 5.75 Å². The molecular weight excluding hydrogens is 460 g/mol. The van der Waals surface area contributed by atoms with E-state index in [-0.39, 0.29) is 18.3 Å². The molecule has 3 amide bonds. The lowest BCUT2D eigenvalue weighted by molar-refractivity contribution is -0.118. The molecule has 0 unspecified atom stereocenters. The van der Waals surface area contributed by atoms with E-state index in [0.717, 1.165) is 27.2 Å². The predicted molar refractivity (Wildman–Crippen MR) is 122 cm³/mol. The minimum Gasteiger partial charge on any atom is -0.484 e. The van der Waals surface area contributed by atoms with Crippen LogP contribution in [0.15, 0.2) is 57.7 Å². The molecule has 0 spiro atoms. The van der Waals surface area contributed by atoms with Crippen LogP contribution in [0.1, 0.15) is 31.3 Å². The first-order valence-corrected chi connectivity index (χ1v) is 11.0. The topological polar surface area (TPSA) is 132 Å². The maximum Gasteiger partial charge on any atom is 0.336 e. The molecule has 10 nitrogen and oxygen atoms in total. The van der Waals surface area contributed by atoms with Crippen molar-refractivity contribution in [3.05, 3.63) is 80.6 Å². The molecule has 1 aliphatic heterocycles. The second-order valence-corrected chi connectivity index (χ2v) is 8.55. The molecule has 3 heterocycles. The number of benzene rings is 2. The summed E-state index contributed by atoms with van der Waals surface area (Å²) >= 11 is 1.05. The van der Waals surface area contributed by atoms with Crippen LogP contribution in [0.2, 0.25) is 0 Å². The fraction of sp³-hybridized carbons (Fsp3) is 0.130. The Bertz CT molecular complexity index is 1490. The van der Waals surface area contributed by atoms with Crippen molar-refractivity contribution in [1.29, 1.82) is 0 Å². The number of aromatic nitrogens is 2. The number of rotatable bonds is 6. The third-order valence-corrected chi connectivity index (χ3v) is 6.00. The number of anilines is 1. The van der Waals surface area contributed by atoms with Crippen LogP contribution in [0.25, 0.3) is 11.0 Å². The van der Waals surface area contributed by atoms with E-state index in [2.05, 4.69) is 15.5 Å². The average molecular weight is 476 g/mol. The minimum atomic E-state index is -0.478. The first-order valence-electron chi connectivity index (χ1n) is 10.1. The molecule has 2 aromatic carbocycles. The molecule has 0 aliphatic carbocycles. The van der Waals surface area contributed by atoms with Gasteiger partial charge in [0.1, 0.15) is 16.3 Å². The van der Waals surface area contributed by atoms with Crippen molar-refractivity contribution in [2.75, 3.05) is 11.9 Å². The number of nitrogens with one attached hydrogen (secondary N) is 1. The Morgan fingerprint density at radius 1 is 1.06 bits per heavy atom.